The molecule has 31 heavy (non-hydrogen) atoms. The van der Waals surface area contributed by atoms with Gasteiger partial charge < -0.3 is 54.7 Å². The zero-order valence-corrected chi connectivity index (χ0v) is 33.2. The van der Waals surface area contributed by atoms with Crippen LogP contribution in [0.15, 0.2) is 0 Å². The van der Waals surface area contributed by atoms with Gasteiger partial charge >= 0.3 is 207 Å². The Hall–Kier alpha value is 4.74. The first-order valence-corrected chi connectivity index (χ1v) is 6.15. The van der Waals surface area contributed by atoms with E-state index in [0.717, 1.165) is 9.80 Å². The summed E-state index contributed by atoms with van der Waals surface area (Å²) in [6.07, 6.45) is 0. The van der Waals surface area contributed by atoms with Gasteiger partial charge in [-0.2, -0.15) is 0 Å². The number of carbonyl (C=O) groups excluding carboxylic acids is 4. The van der Waals surface area contributed by atoms with Crippen LogP contribution >= 0.6 is 0 Å². The van der Waals surface area contributed by atoms with Crippen LogP contribution in [0.2, 0.25) is 0 Å². The third-order valence-corrected chi connectivity index (χ3v) is 2.14. The summed E-state index contributed by atoms with van der Waals surface area (Å²) in [5.41, 5.74) is 0. The molecule has 0 unspecified atom stereocenters. The topological polar surface area (TPSA) is 236 Å². The minimum atomic E-state index is -2.92. The zero-order chi connectivity index (χ0) is 19.3. The van der Waals surface area contributed by atoms with E-state index in [1.165, 1.54) is 0 Å². The smallest absolute Gasteiger partial charge is 0.907 e. The van der Waals surface area contributed by atoms with Crippen molar-refractivity contribution in [1.82, 2.24) is 9.80 Å². The number of carboxylic acid groups (broad SMARTS) is 4. The Morgan fingerprint density at radius 2 is 0.613 bits per heavy atom. The molecule has 0 aromatic heterocycles. The third kappa shape index (κ3) is 56.2. The summed E-state index contributed by atoms with van der Waals surface area (Å²) in [4.78, 5) is 43.4. The maximum atomic E-state index is 10.4. The molecule has 0 radical (unpaired) electrons. The summed E-state index contributed by atoms with van der Waals surface area (Å²) < 4.78 is 0. The van der Waals surface area contributed by atoms with E-state index in [1.54, 1.807) is 0 Å². The van der Waals surface area contributed by atoms with Crippen LogP contribution in [0.3, 0.4) is 0 Å². The standard InChI is InChI=1S/C10H16N2O8.BO3.7Na/c13-7(14)3-11(4-8(15)16)1-2-12(5-9(17)18)6-10(19)20;2-1(3)4;;;;;;;/h1-6H2,(H,13,14)(H,15,16)(H,17,18)(H,19,20);;;;;;;;/q;-3;7*+1/p-4. The fourth-order valence-corrected chi connectivity index (χ4v) is 1.44. The van der Waals surface area contributed by atoms with Crippen molar-refractivity contribution in [2.45, 2.75) is 0 Å². The maximum absolute atomic E-state index is 10.4. The Labute approximate surface area is 335 Å². The number of hydrogen-bond donors (Lipinski definition) is 0. The molecule has 0 amide bonds. The van der Waals surface area contributed by atoms with E-state index in [-0.39, 0.29) is 220 Å². The molecule has 0 aromatic rings. The van der Waals surface area contributed by atoms with Gasteiger partial charge in [-0.25, -0.2) is 0 Å². The molecule has 138 valence electrons. The van der Waals surface area contributed by atoms with Gasteiger partial charge in [0.05, 0.1) is 23.9 Å². The largest absolute Gasteiger partial charge is 1.00 e. The Bertz CT molecular complexity index is 384. The van der Waals surface area contributed by atoms with Gasteiger partial charge in [0.1, 0.15) is 0 Å². The molecule has 0 N–H and O–H groups in total. The Balaban J connectivity index is -0.0000000578. The van der Waals surface area contributed by atoms with Crippen LogP contribution in [-0.2, 0) is 19.2 Å². The minimum Gasteiger partial charge on any atom is -0.907 e. The molecule has 0 spiro atoms. The predicted molar refractivity (Wildman–Crippen MR) is 58.7 cm³/mol. The molecule has 13 nitrogen and oxygen atoms in total. The van der Waals surface area contributed by atoms with Gasteiger partial charge in [0.25, 0.3) is 0 Å². The summed E-state index contributed by atoms with van der Waals surface area (Å²) in [7, 11) is -2.92. The second kappa shape index (κ2) is 39.3. The molecule has 0 fully saturated rings. The van der Waals surface area contributed by atoms with E-state index in [4.69, 9.17) is 15.1 Å². The van der Waals surface area contributed by atoms with Gasteiger partial charge in [-0.3, -0.25) is 17.1 Å². The predicted octanol–water partition coefficient (Wildman–Crippen LogP) is -32.3. The molecule has 0 saturated heterocycles. The second-order valence-electron chi connectivity index (χ2n) is 4.20. The minimum absolute atomic E-state index is 0. The van der Waals surface area contributed by atoms with Gasteiger partial charge in [0, 0.05) is 39.3 Å². The molecular weight excluding hydrogens is 496 g/mol. The van der Waals surface area contributed by atoms with Crippen LogP contribution in [0.25, 0.3) is 0 Å². The van der Waals surface area contributed by atoms with E-state index in [2.05, 4.69) is 0 Å². The van der Waals surface area contributed by atoms with Gasteiger partial charge in [-0.05, 0) is 0 Å². The molecule has 21 heteroatoms. The van der Waals surface area contributed by atoms with E-state index >= 15 is 0 Å². The summed E-state index contributed by atoms with van der Waals surface area (Å²) in [6, 6.07) is 0. The third-order valence-electron chi connectivity index (χ3n) is 2.14. The van der Waals surface area contributed by atoms with Crippen LogP contribution in [0, 0.1) is 0 Å². The van der Waals surface area contributed by atoms with Crippen LogP contribution in [-0.4, -0.2) is 80.3 Å². The van der Waals surface area contributed by atoms with Crippen LogP contribution < -0.4 is 242 Å². The first-order valence-electron chi connectivity index (χ1n) is 6.15. The monoisotopic (exact) mass is 508 g/mol. The maximum Gasteiger partial charge on any atom is 1.00 e. The van der Waals surface area contributed by atoms with Crippen LogP contribution in [0.1, 0.15) is 0 Å². The van der Waals surface area contributed by atoms with Crippen molar-refractivity contribution in [2.75, 3.05) is 39.3 Å². The van der Waals surface area contributed by atoms with E-state index in [1.807, 2.05) is 0 Å². The molecule has 0 aromatic carbocycles. The fraction of sp³-hybridized carbons (Fsp3) is 0.600. The fourth-order valence-electron chi connectivity index (χ4n) is 1.44. The summed E-state index contributed by atoms with van der Waals surface area (Å²) in [5, 5.41) is 66.9. The van der Waals surface area contributed by atoms with Crippen molar-refractivity contribution in [3.05, 3.63) is 0 Å². The molecule has 0 aliphatic heterocycles. The van der Waals surface area contributed by atoms with Crippen molar-refractivity contribution in [1.29, 1.82) is 0 Å². The quantitative estimate of drug-likeness (QED) is 0.236. The molecule has 0 atom stereocenters. The normalized spacial score (nSPS) is 7.77. The molecule has 0 heterocycles. The second-order valence-corrected chi connectivity index (χ2v) is 4.20. The Kier molecular flexibility index (Phi) is 76.4. The molecule has 0 bridgehead atoms. The van der Waals surface area contributed by atoms with E-state index in [0.29, 0.717) is 0 Å². The van der Waals surface area contributed by atoms with Crippen molar-refractivity contribution >= 4 is 31.2 Å². The Morgan fingerprint density at radius 3 is 0.710 bits per heavy atom. The number of aliphatic carboxylic acids is 4. The number of carbonyl (C=O) groups is 4. The molecule has 0 rings (SSSR count). The summed E-state index contributed by atoms with van der Waals surface area (Å²) in [5.74, 6) is -6.12. The van der Waals surface area contributed by atoms with Crippen LogP contribution in [0.5, 0.6) is 0 Å². The summed E-state index contributed by atoms with van der Waals surface area (Å²) in [6.45, 7) is -3.25. The van der Waals surface area contributed by atoms with Gasteiger partial charge in [-0.15, -0.1) is 0 Å². The van der Waals surface area contributed by atoms with Gasteiger partial charge in [0.15, 0.2) is 0 Å². The van der Waals surface area contributed by atoms with Crippen molar-refractivity contribution in [3.63, 3.8) is 0 Å². The number of carboxylic acids is 4. The molecular formula is C10H12BN2Na7O11. The van der Waals surface area contributed by atoms with Gasteiger partial charge in [-0.1, -0.05) is 0 Å². The molecule has 0 saturated carbocycles. The van der Waals surface area contributed by atoms with Crippen molar-refractivity contribution in [2.24, 2.45) is 0 Å². The first kappa shape index (κ1) is 60.3. The number of nitrogens with zero attached hydrogens (tertiary/aromatic N) is 2. The average Bonchev–Trinajstić information content (AvgIpc) is 2.32. The zero-order valence-electron chi connectivity index (χ0n) is 19.2. The molecule has 0 aliphatic rings. The summed E-state index contributed by atoms with van der Waals surface area (Å²) >= 11 is 0. The number of hydrogen-bond acceptors (Lipinski definition) is 13. The number of rotatable bonds is 11. The Morgan fingerprint density at radius 1 is 0.484 bits per heavy atom. The molecule has 0 aliphatic carbocycles. The van der Waals surface area contributed by atoms with Gasteiger partial charge in [0.2, 0.25) is 0 Å². The van der Waals surface area contributed by atoms with Crippen molar-refractivity contribution < 1.29 is 262 Å². The average molecular weight is 508 g/mol. The van der Waals surface area contributed by atoms with Crippen LogP contribution in [0.4, 0.5) is 0 Å². The van der Waals surface area contributed by atoms with Crippen molar-refractivity contribution in [3.8, 4) is 0 Å². The first-order chi connectivity index (χ1) is 10.9. The SMILES string of the molecule is O=C([O-])CN(CCN(CC(=O)[O-])CC(=O)[O-])CC(=O)[O-].[Na+].[Na+].[Na+].[Na+].[Na+].[Na+].[Na+].[O-]B([O-])[O-]. The van der Waals surface area contributed by atoms with E-state index in [9.17, 15) is 39.6 Å². The van der Waals surface area contributed by atoms with E-state index < -0.39 is 57.4 Å².